The zero-order valence-electron chi connectivity index (χ0n) is 17.4. The van der Waals surface area contributed by atoms with Crippen LogP contribution in [0.3, 0.4) is 0 Å². The smallest absolute Gasteiger partial charge is 0.226 e. The summed E-state index contributed by atoms with van der Waals surface area (Å²) >= 11 is 0. The molecular weight excluding hydrogens is 364 g/mol. The second-order valence-corrected chi connectivity index (χ2v) is 7.47. The molecule has 0 saturated heterocycles. The first-order valence-electron chi connectivity index (χ1n) is 10.2. The Labute approximate surface area is 172 Å². The van der Waals surface area contributed by atoms with E-state index in [2.05, 4.69) is 27.0 Å². The van der Waals surface area contributed by atoms with E-state index in [0.717, 1.165) is 35.9 Å². The highest BCUT2D eigenvalue weighted by molar-refractivity contribution is 5.92. The van der Waals surface area contributed by atoms with Gasteiger partial charge in [-0.1, -0.05) is 44.2 Å². The molecule has 1 aliphatic rings. The minimum Gasteiger partial charge on any atom is -0.488 e. The summed E-state index contributed by atoms with van der Waals surface area (Å²) in [6.45, 7) is 7.84. The molecular formula is C23H30N4O2. The summed E-state index contributed by atoms with van der Waals surface area (Å²) in [4.78, 5) is 16.4. The van der Waals surface area contributed by atoms with Crippen LogP contribution in [-0.2, 0) is 17.8 Å². The molecule has 1 amide bonds. The molecule has 6 nitrogen and oxygen atoms in total. The molecule has 1 unspecified atom stereocenters. The average molecular weight is 395 g/mol. The van der Waals surface area contributed by atoms with Gasteiger partial charge in [-0.3, -0.25) is 4.79 Å². The monoisotopic (exact) mass is 394 g/mol. The van der Waals surface area contributed by atoms with Crippen LogP contribution in [0, 0.1) is 5.92 Å². The van der Waals surface area contributed by atoms with Gasteiger partial charge in [0.2, 0.25) is 5.91 Å². The predicted octanol–water partition coefficient (Wildman–Crippen LogP) is 3.34. The molecule has 2 aromatic rings. The van der Waals surface area contributed by atoms with E-state index in [1.165, 1.54) is 5.56 Å². The van der Waals surface area contributed by atoms with Gasteiger partial charge in [0.25, 0.3) is 0 Å². The fourth-order valence-corrected chi connectivity index (χ4v) is 3.07. The van der Waals surface area contributed by atoms with Gasteiger partial charge in [0.15, 0.2) is 5.96 Å². The Morgan fingerprint density at radius 3 is 2.59 bits per heavy atom. The van der Waals surface area contributed by atoms with Crippen molar-refractivity contribution < 1.29 is 9.53 Å². The maximum Gasteiger partial charge on any atom is 0.226 e. The molecule has 3 rings (SSSR count). The number of anilines is 1. The molecule has 1 heterocycles. The van der Waals surface area contributed by atoms with E-state index in [9.17, 15) is 4.79 Å². The molecule has 0 spiro atoms. The van der Waals surface area contributed by atoms with Crippen molar-refractivity contribution in [3.63, 3.8) is 0 Å². The Balaban J connectivity index is 1.52. The Bertz CT molecular complexity index is 821. The average Bonchev–Trinajstić information content (AvgIpc) is 3.14. The summed E-state index contributed by atoms with van der Waals surface area (Å²) < 4.78 is 5.98. The number of nitrogens with zero attached hydrogens (tertiary/aromatic N) is 1. The number of ether oxygens (including phenoxy) is 1. The van der Waals surface area contributed by atoms with Crippen molar-refractivity contribution in [2.24, 2.45) is 10.9 Å². The number of hydrogen-bond donors (Lipinski definition) is 3. The fraction of sp³-hybridized carbons (Fsp3) is 0.391. The van der Waals surface area contributed by atoms with Crippen molar-refractivity contribution in [3.8, 4) is 5.75 Å². The second-order valence-electron chi connectivity index (χ2n) is 7.47. The maximum atomic E-state index is 11.8. The van der Waals surface area contributed by atoms with Gasteiger partial charge in [0, 0.05) is 24.6 Å². The van der Waals surface area contributed by atoms with Crippen molar-refractivity contribution >= 4 is 17.6 Å². The lowest BCUT2D eigenvalue weighted by atomic mass is 10.1. The highest BCUT2D eigenvalue weighted by Crippen LogP contribution is 2.27. The summed E-state index contributed by atoms with van der Waals surface area (Å²) in [5, 5.41) is 9.55. The van der Waals surface area contributed by atoms with Crippen LogP contribution in [0.5, 0.6) is 5.75 Å². The number of hydrogen-bond acceptors (Lipinski definition) is 3. The quantitative estimate of drug-likeness (QED) is 0.497. The molecule has 154 valence electrons. The van der Waals surface area contributed by atoms with Gasteiger partial charge < -0.3 is 20.7 Å². The molecule has 1 aliphatic heterocycles. The van der Waals surface area contributed by atoms with Gasteiger partial charge >= 0.3 is 0 Å². The second kappa shape index (κ2) is 9.96. The third kappa shape index (κ3) is 5.98. The number of para-hydroxylation sites is 1. The fourth-order valence-electron chi connectivity index (χ4n) is 3.07. The molecule has 3 N–H and O–H groups in total. The lowest BCUT2D eigenvalue weighted by Crippen LogP contribution is -2.42. The standard InChI is InChI=1S/C23H30N4O2/c1-4-24-23(26-15-20-13-18-7-5-6-8-21(18)29-20)25-14-17-9-11-19(12-10-17)27-22(28)16(2)3/h5-12,16,20H,4,13-15H2,1-3H3,(H,27,28)(H2,24,25,26). The van der Waals surface area contributed by atoms with E-state index in [4.69, 9.17) is 4.74 Å². The third-order valence-electron chi connectivity index (χ3n) is 4.72. The zero-order chi connectivity index (χ0) is 20.6. The van der Waals surface area contributed by atoms with Crippen LogP contribution in [-0.4, -0.2) is 31.1 Å². The van der Waals surface area contributed by atoms with Crippen LogP contribution >= 0.6 is 0 Å². The normalized spacial score (nSPS) is 15.6. The number of nitrogens with one attached hydrogen (secondary N) is 3. The number of aliphatic imine (C=N–C) groups is 1. The molecule has 0 fully saturated rings. The molecule has 0 aromatic heterocycles. The maximum absolute atomic E-state index is 11.8. The van der Waals surface area contributed by atoms with E-state index < -0.39 is 0 Å². The van der Waals surface area contributed by atoms with Crippen LogP contribution in [0.1, 0.15) is 31.9 Å². The SMILES string of the molecule is CCNC(=NCc1ccc(NC(=O)C(C)C)cc1)NCC1Cc2ccccc2O1. The first-order valence-corrected chi connectivity index (χ1v) is 10.2. The summed E-state index contributed by atoms with van der Waals surface area (Å²) in [5.41, 5.74) is 3.14. The molecule has 1 atom stereocenters. The molecule has 0 bridgehead atoms. The van der Waals surface area contributed by atoms with Gasteiger partial charge in [-0.05, 0) is 36.2 Å². The van der Waals surface area contributed by atoms with Crippen LogP contribution < -0.4 is 20.7 Å². The van der Waals surface area contributed by atoms with Gasteiger partial charge in [-0.2, -0.15) is 0 Å². The summed E-state index contributed by atoms with van der Waals surface area (Å²) in [6, 6.07) is 16.0. The van der Waals surface area contributed by atoms with Crippen LogP contribution in [0.2, 0.25) is 0 Å². The van der Waals surface area contributed by atoms with Crippen molar-refractivity contribution in [2.75, 3.05) is 18.4 Å². The lowest BCUT2D eigenvalue weighted by Gasteiger charge is -2.15. The van der Waals surface area contributed by atoms with Crippen LogP contribution in [0.4, 0.5) is 5.69 Å². The number of fused-ring (bicyclic) bond motifs is 1. The van der Waals surface area contributed by atoms with E-state index in [1.807, 2.05) is 63.2 Å². The molecule has 29 heavy (non-hydrogen) atoms. The number of amides is 1. The molecule has 2 aromatic carbocycles. The van der Waals surface area contributed by atoms with E-state index in [-0.39, 0.29) is 17.9 Å². The van der Waals surface area contributed by atoms with Crippen molar-refractivity contribution in [1.29, 1.82) is 0 Å². The molecule has 0 radical (unpaired) electrons. The Morgan fingerprint density at radius 2 is 1.90 bits per heavy atom. The Kier molecular flexibility index (Phi) is 7.11. The van der Waals surface area contributed by atoms with Crippen molar-refractivity contribution in [2.45, 2.75) is 39.8 Å². The van der Waals surface area contributed by atoms with Gasteiger partial charge in [-0.15, -0.1) is 0 Å². The summed E-state index contributed by atoms with van der Waals surface area (Å²) in [5.74, 6) is 1.73. The number of rotatable bonds is 7. The number of carbonyl (C=O) groups is 1. The zero-order valence-corrected chi connectivity index (χ0v) is 17.4. The van der Waals surface area contributed by atoms with Crippen molar-refractivity contribution in [3.05, 3.63) is 59.7 Å². The van der Waals surface area contributed by atoms with Gasteiger partial charge in [-0.25, -0.2) is 4.99 Å². The van der Waals surface area contributed by atoms with E-state index in [1.54, 1.807) is 0 Å². The number of guanidine groups is 1. The summed E-state index contributed by atoms with van der Waals surface area (Å²) in [7, 11) is 0. The van der Waals surface area contributed by atoms with E-state index in [0.29, 0.717) is 13.1 Å². The number of benzene rings is 2. The highest BCUT2D eigenvalue weighted by Gasteiger charge is 2.22. The van der Waals surface area contributed by atoms with Gasteiger partial charge in [0.1, 0.15) is 11.9 Å². The van der Waals surface area contributed by atoms with Crippen LogP contribution in [0.15, 0.2) is 53.5 Å². The van der Waals surface area contributed by atoms with E-state index >= 15 is 0 Å². The Hall–Kier alpha value is -3.02. The minimum atomic E-state index is -0.0373. The summed E-state index contributed by atoms with van der Waals surface area (Å²) in [6.07, 6.45) is 1.02. The highest BCUT2D eigenvalue weighted by atomic mass is 16.5. The third-order valence-corrected chi connectivity index (χ3v) is 4.72. The lowest BCUT2D eigenvalue weighted by molar-refractivity contribution is -0.118. The topological polar surface area (TPSA) is 74.8 Å². The van der Waals surface area contributed by atoms with Crippen LogP contribution in [0.25, 0.3) is 0 Å². The molecule has 0 aliphatic carbocycles. The number of carbonyl (C=O) groups excluding carboxylic acids is 1. The molecule has 0 saturated carbocycles. The largest absolute Gasteiger partial charge is 0.488 e. The first kappa shape index (κ1) is 20.7. The van der Waals surface area contributed by atoms with Crippen molar-refractivity contribution in [1.82, 2.24) is 10.6 Å². The van der Waals surface area contributed by atoms with Gasteiger partial charge in [0.05, 0.1) is 13.1 Å². The Morgan fingerprint density at radius 1 is 1.14 bits per heavy atom. The minimum absolute atomic E-state index is 0.0192. The predicted molar refractivity (Wildman–Crippen MR) is 117 cm³/mol. The first-order chi connectivity index (χ1) is 14.0. The molecule has 6 heteroatoms.